The van der Waals surface area contributed by atoms with Crippen molar-refractivity contribution in [3.8, 4) is 5.88 Å². The van der Waals surface area contributed by atoms with E-state index in [1.165, 1.54) is 23.0 Å². The van der Waals surface area contributed by atoms with Crippen molar-refractivity contribution in [3.63, 3.8) is 0 Å². The summed E-state index contributed by atoms with van der Waals surface area (Å²) in [6, 6.07) is 1.49. The Kier molecular flexibility index (Phi) is 4.73. The van der Waals surface area contributed by atoms with Crippen molar-refractivity contribution >= 4 is 15.9 Å². The number of amides is 1. The third kappa shape index (κ3) is 3.88. The van der Waals surface area contributed by atoms with E-state index in [1.807, 2.05) is 6.92 Å². The zero-order valence-corrected chi connectivity index (χ0v) is 12.8. The van der Waals surface area contributed by atoms with Gasteiger partial charge in [-0.15, -0.1) is 0 Å². The van der Waals surface area contributed by atoms with Gasteiger partial charge in [0.05, 0.1) is 12.9 Å². The fourth-order valence-corrected chi connectivity index (χ4v) is 2.89. The quantitative estimate of drug-likeness (QED) is 0.750. The summed E-state index contributed by atoms with van der Waals surface area (Å²) in [7, 11) is -3.20. The van der Waals surface area contributed by atoms with Crippen LogP contribution in [-0.2, 0) is 10.0 Å². The standard InChI is InChI=1S/C12H18N4O4S/c1-3-20-11-8-10(13-9-14-11)12(17)15-4-6-16(7-5-15)21(2,18)19/h8-9H,3-7H2,1-2H3. The Morgan fingerprint density at radius 1 is 1.29 bits per heavy atom. The van der Waals surface area contributed by atoms with E-state index in [-0.39, 0.29) is 11.6 Å². The average molecular weight is 314 g/mol. The van der Waals surface area contributed by atoms with E-state index in [9.17, 15) is 13.2 Å². The van der Waals surface area contributed by atoms with Crippen LogP contribution in [0.2, 0.25) is 0 Å². The van der Waals surface area contributed by atoms with Crippen molar-refractivity contribution in [3.05, 3.63) is 18.1 Å². The van der Waals surface area contributed by atoms with Crippen LogP contribution < -0.4 is 4.74 Å². The predicted molar refractivity (Wildman–Crippen MR) is 75.5 cm³/mol. The van der Waals surface area contributed by atoms with Crippen LogP contribution in [0.1, 0.15) is 17.4 Å². The maximum atomic E-state index is 12.3. The summed E-state index contributed by atoms with van der Waals surface area (Å²) in [5, 5.41) is 0. The number of carbonyl (C=O) groups is 1. The fraction of sp³-hybridized carbons (Fsp3) is 0.583. The lowest BCUT2D eigenvalue weighted by molar-refractivity contribution is 0.0691. The number of rotatable bonds is 4. The van der Waals surface area contributed by atoms with E-state index in [2.05, 4.69) is 9.97 Å². The van der Waals surface area contributed by atoms with Crippen molar-refractivity contribution in [2.45, 2.75) is 6.92 Å². The summed E-state index contributed by atoms with van der Waals surface area (Å²) in [6.07, 6.45) is 2.45. The minimum Gasteiger partial charge on any atom is -0.478 e. The molecule has 0 aromatic carbocycles. The molecule has 1 amide bonds. The average Bonchev–Trinajstić information content (AvgIpc) is 2.46. The molecule has 1 aromatic heterocycles. The number of nitrogens with zero attached hydrogens (tertiary/aromatic N) is 4. The molecule has 2 rings (SSSR count). The van der Waals surface area contributed by atoms with E-state index in [4.69, 9.17) is 4.74 Å². The summed E-state index contributed by atoms with van der Waals surface area (Å²) >= 11 is 0. The number of piperazine rings is 1. The minimum atomic E-state index is -3.20. The predicted octanol–water partition coefficient (Wildman–Crippen LogP) is -0.407. The monoisotopic (exact) mass is 314 g/mol. The van der Waals surface area contributed by atoms with Crippen LogP contribution in [0, 0.1) is 0 Å². The Morgan fingerprint density at radius 2 is 1.95 bits per heavy atom. The highest BCUT2D eigenvalue weighted by molar-refractivity contribution is 7.88. The van der Waals surface area contributed by atoms with Crippen molar-refractivity contribution in [1.29, 1.82) is 0 Å². The van der Waals surface area contributed by atoms with Gasteiger partial charge in [0.2, 0.25) is 15.9 Å². The molecule has 9 heteroatoms. The number of hydrogen-bond donors (Lipinski definition) is 0. The molecule has 0 unspecified atom stereocenters. The smallest absolute Gasteiger partial charge is 0.272 e. The molecule has 2 heterocycles. The summed E-state index contributed by atoms with van der Waals surface area (Å²) in [5.74, 6) is 0.108. The molecule has 1 aromatic rings. The third-order valence-electron chi connectivity index (χ3n) is 3.15. The van der Waals surface area contributed by atoms with E-state index >= 15 is 0 Å². The van der Waals surface area contributed by atoms with E-state index in [0.29, 0.717) is 38.7 Å². The second-order valence-electron chi connectivity index (χ2n) is 4.63. The third-order valence-corrected chi connectivity index (χ3v) is 4.45. The molecule has 8 nitrogen and oxygen atoms in total. The normalized spacial score (nSPS) is 16.8. The molecule has 0 radical (unpaired) electrons. The highest BCUT2D eigenvalue weighted by Gasteiger charge is 2.27. The lowest BCUT2D eigenvalue weighted by Crippen LogP contribution is -2.50. The van der Waals surface area contributed by atoms with Gasteiger partial charge in [-0.1, -0.05) is 0 Å². The molecular weight excluding hydrogens is 296 g/mol. The lowest BCUT2D eigenvalue weighted by Gasteiger charge is -2.33. The molecule has 0 spiro atoms. The van der Waals surface area contributed by atoms with Gasteiger partial charge >= 0.3 is 0 Å². The van der Waals surface area contributed by atoms with E-state index < -0.39 is 10.0 Å². The van der Waals surface area contributed by atoms with Crippen LogP contribution in [0.4, 0.5) is 0 Å². The molecule has 0 atom stereocenters. The summed E-state index contributed by atoms with van der Waals surface area (Å²) in [6.45, 7) is 3.58. The van der Waals surface area contributed by atoms with Gasteiger partial charge in [-0.2, -0.15) is 4.31 Å². The van der Waals surface area contributed by atoms with Crippen LogP contribution in [0.3, 0.4) is 0 Å². The molecule has 1 aliphatic rings. The van der Waals surface area contributed by atoms with Crippen molar-refractivity contribution < 1.29 is 17.9 Å². The highest BCUT2D eigenvalue weighted by atomic mass is 32.2. The number of hydrogen-bond acceptors (Lipinski definition) is 6. The SMILES string of the molecule is CCOc1cc(C(=O)N2CCN(S(C)(=O)=O)CC2)ncn1. The largest absolute Gasteiger partial charge is 0.478 e. The van der Waals surface area contributed by atoms with Crippen LogP contribution in [0.25, 0.3) is 0 Å². The molecule has 116 valence electrons. The van der Waals surface area contributed by atoms with E-state index in [0.717, 1.165) is 0 Å². The molecule has 1 aliphatic heterocycles. The lowest BCUT2D eigenvalue weighted by atomic mass is 10.3. The fourth-order valence-electron chi connectivity index (χ4n) is 2.07. The Bertz CT molecular complexity index is 611. The number of aromatic nitrogens is 2. The second-order valence-corrected chi connectivity index (χ2v) is 6.61. The Balaban J connectivity index is 2.03. The van der Waals surface area contributed by atoms with Crippen LogP contribution in [-0.4, -0.2) is 72.5 Å². The summed E-state index contributed by atoms with van der Waals surface area (Å²) in [4.78, 5) is 21.8. The Hall–Kier alpha value is -1.74. The first kappa shape index (κ1) is 15.6. The van der Waals surface area contributed by atoms with Crippen LogP contribution >= 0.6 is 0 Å². The summed E-state index contributed by atoms with van der Waals surface area (Å²) in [5.41, 5.74) is 0.251. The zero-order valence-electron chi connectivity index (χ0n) is 12.0. The number of sulfonamides is 1. The van der Waals surface area contributed by atoms with Crippen molar-refractivity contribution in [2.24, 2.45) is 0 Å². The Labute approximate surface area is 123 Å². The van der Waals surface area contributed by atoms with Gasteiger partial charge in [-0.3, -0.25) is 4.79 Å². The maximum Gasteiger partial charge on any atom is 0.272 e. The molecule has 1 fully saturated rings. The van der Waals surface area contributed by atoms with Gasteiger partial charge in [-0.05, 0) is 6.92 Å². The molecular formula is C12H18N4O4S. The molecule has 0 bridgehead atoms. The van der Waals surface area contributed by atoms with E-state index in [1.54, 1.807) is 4.90 Å². The molecule has 0 N–H and O–H groups in total. The van der Waals surface area contributed by atoms with Crippen molar-refractivity contribution in [2.75, 3.05) is 39.0 Å². The van der Waals surface area contributed by atoms with Crippen LogP contribution in [0.15, 0.2) is 12.4 Å². The van der Waals surface area contributed by atoms with Crippen LogP contribution in [0.5, 0.6) is 5.88 Å². The molecule has 21 heavy (non-hydrogen) atoms. The molecule has 0 aliphatic carbocycles. The summed E-state index contributed by atoms with van der Waals surface area (Å²) < 4.78 is 29.5. The zero-order chi connectivity index (χ0) is 15.5. The maximum absolute atomic E-state index is 12.3. The number of carbonyl (C=O) groups excluding carboxylic acids is 1. The number of ether oxygens (including phenoxy) is 1. The van der Waals surface area contributed by atoms with Crippen molar-refractivity contribution in [1.82, 2.24) is 19.2 Å². The van der Waals surface area contributed by atoms with Gasteiger partial charge in [0.25, 0.3) is 5.91 Å². The van der Waals surface area contributed by atoms with Gasteiger partial charge in [0.1, 0.15) is 12.0 Å². The first-order valence-electron chi connectivity index (χ1n) is 6.61. The Morgan fingerprint density at radius 3 is 2.52 bits per heavy atom. The van der Waals surface area contributed by atoms with Gasteiger partial charge < -0.3 is 9.64 Å². The molecule has 0 saturated carbocycles. The first-order valence-corrected chi connectivity index (χ1v) is 8.46. The second kappa shape index (κ2) is 6.35. The van der Waals surface area contributed by atoms with Gasteiger partial charge in [-0.25, -0.2) is 18.4 Å². The minimum absolute atomic E-state index is 0.244. The highest BCUT2D eigenvalue weighted by Crippen LogP contribution is 2.12. The first-order chi connectivity index (χ1) is 9.91. The molecule has 1 saturated heterocycles. The van der Waals surface area contributed by atoms with Gasteiger partial charge in [0, 0.05) is 32.2 Å². The topological polar surface area (TPSA) is 92.7 Å². The van der Waals surface area contributed by atoms with Gasteiger partial charge in [0.15, 0.2) is 0 Å².